The molecule has 0 saturated carbocycles. The molecule has 0 aliphatic heterocycles. The summed E-state index contributed by atoms with van der Waals surface area (Å²) in [5.41, 5.74) is 5.61. The van der Waals surface area contributed by atoms with Gasteiger partial charge in [-0.2, -0.15) is 0 Å². The molecule has 0 spiro atoms. The van der Waals surface area contributed by atoms with Crippen molar-refractivity contribution in [1.29, 1.82) is 0 Å². The fourth-order valence-electron chi connectivity index (χ4n) is 1.21. The van der Waals surface area contributed by atoms with Gasteiger partial charge in [0.1, 0.15) is 6.23 Å². The molecule has 0 saturated heterocycles. The van der Waals surface area contributed by atoms with E-state index < -0.39 is 5.79 Å². The van der Waals surface area contributed by atoms with Gasteiger partial charge in [0.2, 0.25) is 0 Å². The molecule has 0 heterocycles. The third-order valence-corrected chi connectivity index (χ3v) is 2.43. The first-order valence-corrected chi connectivity index (χ1v) is 5.09. The van der Waals surface area contributed by atoms with E-state index in [1.54, 1.807) is 6.92 Å². The first-order chi connectivity index (χ1) is 5.94. The van der Waals surface area contributed by atoms with Crippen molar-refractivity contribution >= 4 is 0 Å². The molecule has 3 atom stereocenters. The van der Waals surface area contributed by atoms with Crippen molar-refractivity contribution in [3.63, 3.8) is 0 Å². The number of aliphatic hydroxyl groups is 1. The van der Waals surface area contributed by atoms with Crippen LogP contribution in [0, 0.1) is 5.92 Å². The quantitative estimate of drug-likeness (QED) is 0.627. The first-order valence-electron chi connectivity index (χ1n) is 5.09. The zero-order valence-corrected chi connectivity index (χ0v) is 9.21. The van der Waals surface area contributed by atoms with Crippen LogP contribution in [0.1, 0.15) is 47.0 Å². The van der Waals surface area contributed by atoms with Gasteiger partial charge in [0.15, 0.2) is 5.79 Å². The largest absolute Gasteiger partial charge is 0.365 e. The van der Waals surface area contributed by atoms with E-state index >= 15 is 0 Å². The Morgan fingerprint density at radius 3 is 2.38 bits per heavy atom. The number of hydrogen-bond donors (Lipinski definition) is 2. The van der Waals surface area contributed by atoms with Gasteiger partial charge >= 0.3 is 0 Å². The zero-order valence-electron chi connectivity index (χ0n) is 9.21. The lowest BCUT2D eigenvalue weighted by Gasteiger charge is -2.32. The minimum atomic E-state index is -1.09. The molecule has 0 aromatic carbocycles. The lowest BCUT2D eigenvalue weighted by molar-refractivity contribution is -0.245. The average Bonchev–Trinajstić information content (AvgIpc) is 2.04. The van der Waals surface area contributed by atoms with Gasteiger partial charge in [-0.3, -0.25) is 0 Å². The summed E-state index contributed by atoms with van der Waals surface area (Å²) in [7, 11) is 0. The highest BCUT2D eigenvalue weighted by atomic mass is 16.6. The summed E-state index contributed by atoms with van der Waals surface area (Å²) in [6, 6.07) is 0. The van der Waals surface area contributed by atoms with E-state index in [0.717, 1.165) is 19.3 Å². The molecule has 0 aromatic heterocycles. The standard InChI is InChI=1S/C10H23NO2/c1-5-7-8(3)10(4,12)13-9(11)6-2/h8-9,12H,5-7,11H2,1-4H3. The van der Waals surface area contributed by atoms with E-state index in [-0.39, 0.29) is 12.1 Å². The summed E-state index contributed by atoms with van der Waals surface area (Å²) in [4.78, 5) is 0. The normalized spacial score (nSPS) is 20.8. The fraction of sp³-hybridized carbons (Fsp3) is 1.00. The highest BCUT2D eigenvalue weighted by Crippen LogP contribution is 2.23. The summed E-state index contributed by atoms with van der Waals surface area (Å²) < 4.78 is 5.33. The zero-order chi connectivity index (χ0) is 10.5. The highest BCUT2D eigenvalue weighted by Gasteiger charge is 2.30. The van der Waals surface area contributed by atoms with Crippen molar-refractivity contribution in [3.8, 4) is 0 Å². The molecule has 0 aliphatic rings. The molecule has 0 bridgehead atoms. The van der Waals surface area contributed by atoms with Gasteiger partial charge in [-0.1, -0.05) is 27.2 Å². The van der Waals surface area contributed by atoms with Crippen LogP contribution >= 0.6 is 0 Å². The van der Waals surface area contributed by atoms with Crippen LogP contribution in [0.4, 0.5) is 0 Å². The Kier molecular flexibility index (Phi) is 5.53. The van der Waals surface area contributed by atoms with E-state index in [9.17, 15) is 5.11 Å². The molecule has 0 aromatic rings. The summed E-state index contributed by atoms with van der Waals surface area (Å²) in [6.07, 6.45) is 2.34. The fourth-order valence-corrected chi connectivity index (χ4v) is 1.21. The van der Waals surface area contributed by atoms with Crippen molar-refractivity contribution < 1.29 is 9.84 Å². The third kappa shape index (κ3) is 4.60. The van der Waals surface area contributed by atoms with Crippen molar-refractivity contribution in [3.05, 3.63) is 0 Å². The molecule has 3 nitrogen and oxygen atoms in total. The predicted octanol–water partition coefficient (Wildman–Crippen LogP) is 1.84. The number of hydrogen-bond acceptors (Lipinski definition) is 3. The van der Waals surface area contributed by atoms with Crippen LogP contribution in [0.25, 0.3) is 0 Å². The van der Waals surface area contributed by atoms with Gasteiger partial charge in [0.05, 0.1) is 0 Å². The van der Waals surface area contributed by atoms with Crippen LogP contribution in [0.15, 0.2) is 0 Å². The second-order valence-electron chi connectivity index (χ2n) is 3.81. The Morgan fingerprint density at radius 1 is 1.46 bits per heavy atom. The molecule has 3 heteroatoms. The number of nitrogens with two attached hydrogens (primary N) is 1. The van der Waals surface area contributed by atoms with Gasteiger partial charge in [-0.15, -0.1) is 0 Å². The molecule has 0 rings (SSSR count). The number of ether oxygens (including phenoxy) is 1. The van der Waals surface area contributed by atoms with E-state index in [2.05, 4.69) is 6.92 Å². The van der Waals surface area contributed by atoms with Crippen LogP contribution in [0.3, 0.4) is 0 Å². The lowest BCUT2D eigenvalue weighted by atomic mass is 9.97. The third-order valence-electron chi connectivity index (χ3n) is 2.43. The van der Waals surface area contributed by atoms with Gasteiger partial charge in [-0.25, -0.2) is 0 Å². The maximum absolute atomic E-state index is 9.91. The molecule has 0 aliphatic carbocycles. The summed E-state index contributed by atoms with van der Waals surface area (Å²) in [5.74, 6) is -0.971. The summed E-state index contributed by atoms with van der Waals surface area (Å²) in [6.45, 7) is 7.69. The average molecular weight is 189 g/mol. The topological polar surface area (TPSA) is 55.5 Å². The monoisotopic (exact) mass is 189 g/mol. The minimum Gasteiger partial charge on any atom is -0.365 e. The molecule has 0 amide bonds. The van der Waals surface area contributed by atoms with Crippen LogP contribution in [0.2, 0.25) is 0 Å². The maximum atomic E-state index is 9.91. The summed E-state index contributed by atoms with van der Waals surface area (Å²) >= 11 is 0. The second-order valence-corrected chi connectivity index (χ2v) is 3.81. The van der Waals surface area contributed by atoms with Crippen LogP contribution in [0.5, 0.6) is 0 Å². The van der Waals surface area contributed by atoms with Crippen molar-refractivity contribution in [2.45, 2.75) is 59.0 Å². The van der Waals surface area contributed by atoms with Crippen LogP contribution in [-0.4, -0.2) is 17.1 Å². The Balaban J connectivity index is 4.04. The molecule has 3 N–H and O–H groups in total. The molecule has 80 valence electrons. The Hall–Kier alpha value is -0.120. The van der Waals surface area contributed by atoms with Gasteiger partial charge in [0, 0.05) is 5.92 Å². The Labute approximate surface area is 81.3 Å². The molecule has 3 unspecified atom stereocenters. The van der Waals surface area contributed by atoms with Crippen LogP contribution in [-0.2, 0) is 4.74 Å². The lowest BCUT2D eigenvalue weighted by Crippen LogP contribution is -2.42. The Bertz CT molecular complexity index is 137. The molecular weight excluding hydrogens is 166 g/mol. The van der Waals surface area contributed by atoms with Crippen molar-refractivity contribution in [2.24, 2.45) is 11.7 Å². The molecule has 13 heavy (non-hydrogen) atoms. The number of rotatable bonds is 6. The first kappa shape index (κ1) is 12.9. The van der Waals surface area contributed by atoms with E-state index in [0.29, 0.717) is 0 Å². The molecule has 0 radical (unpaired) electrons. The van der Waals surface area contributed by atoms with Crippen LogP contribution < -0.4 is 5.73 Å². The smallest absolute Gasteiger partial charge is 0.167 e. The van der Waals surface area contributed by atoms with E-state index in [1.807, 2.05) is 13.8 Å². The van der Waals surface area contributed by atoms with Gasteiger partial charge in [0.25, 0.3) is 0 Å². The highest BCUT2D eigenvalue weighted by molar-refractivity contribution is 4.69. The SMILES string of the molecule is CCCC(C)C(C)(O)OC(N)CC. The maximum Gasteiger partial charge on any atom is 0.167 e. The Morgan fingerprint density at radius 2 is 2.00 bits per heavy atom. The van der Waals surface area contributed by atoms with Gasteiger partial charge < -0.3 is 15.6 Å². The minimum absolute atomic E-state index is 0.120. The van der Waals surface area contributed by atoms with Crippen molar-refractivity contribution in [2.75, 3.05) is 0 Å². The van der Waals surface area contributed by atoms with E-state index in [1.165, 1.54) is 0 Å². The molecule has 0 fully saturated rings. The van der Waals surface area contributed by atoms with Crippen molar-refractivity contribution in [1.82, 2.24) is 0 Å². The second kappa shape index (κ2) is 5.58. The summed E-state index contributed by atoms with van der Waals surface area (Å²) in [5, 5.41) is 9.91. The predicted molar refractivity (Wildman–Crippen MR) is 54.0 cm³/mol. The van der Waals surface area contributed by atoms with E-state index in [4.69, 9.17) is 10.5 Å². The van der Waals surface area contributed by atoms with Gasteiger partial charge in [-0.05, 0) is 19.8 Å². The molecular formula is C10H23NO2.